The lowest BCUT2D eigenvalue weighted by molar-refractivity contribution is 0.102. The third kappa shape index (κ3) is 5.28. The minimum absolute atomic E-state index is 0.222. The Morgan fingerprint density at radius 3 is 1.94 bits per heavy atom. The molecule has 0 aliphatic rings. The molecule has 0 unspecified atom stereocenters. The number of sulfone groups is 1. The summed E-state index contributed by atoms with van der Waals surface area (Å²) < 4.78 is 46.1. The molecule has 0 spiro atoms. The highest BCUT2D eigenvalue weighted by Gasteiger charge is 2.13. The van der Waals surface area contributed by atoms with Crippen LogP contribution >= 0.6 is 0 Å². The van der Waals surface area contributed by atoms with E-state index in [1.807, 2.05) is 0 Å². The molecule has 0 bridgehead atoms. The summed E-state index contributed by atoms with van der Waals surface area (Å²) in [5.41, 5.74) is 0.535. The zero-order chi connectivity index (χ0) is 14.0. The number of Topliss-reactive ketones (excluding diaryl/α,β-unsaturated/α-hetero) is 1. The molecule has 1 aromatic carbocycles. The Morgan fingerprint density at radius 1 is 1.06 bits per heavy atom. The largest absolute Gasteiger partial charge is 0.293 e. The van der Waals surface area contributed by atoms with E-state index in [4.69, 9.17) is 0 Å². The molecule has 0 aliphatic carbocycles. The van der Waals surface area contributed by atoms with Crippen LogP contribution in [0.1, 0.15) is 10.4 Å². The number of hydrogen-bond donors (Lipinski definition) is 1. The molecule has 1 N–H and O–H groups in total. The standard InChI is InChI=1S/C10H13NO5S2/c1-17(13,14)7-10(12)8-3-5-9(6-4-8)11-18(2,15)16/h3-6,11H,7H2,1-2H3. The van der Waals surface area contributed by atoms with Crippen molar-refractivity contribution in [2.24, 2.45) is 0 Å². The molecule has 0 radical (unpaired) electrons. The monoisotopic (exact) mass is 291 g/mol. The van der Waals surface area contributed by atoms with Gasteiger partial charge in [-0.2, -0.15) is 0 Å². The van der Waals surface area contributed by atoms with E-state index in [1.165, 1.54) is 24.3 Å². The summed E-state index contributed by atoms with van der Waals surface area (Å²) in [7, 11) is -6.74. The summed E-state index contributed by atoms with van der Waals surface area (Å²) in [5, 5.41) is 0. The molecule has 0 heterocycles. The molecule has 1 rings (SSSR count). The molecule has 0 aromatic heterocycles. The molecule has 6 nitrogen and oxygen atoms in total. The average Bonchev–Trinajstić information content (AvgIpc) is 2.13. The topological polar surface area (TPSA) is 97.4 Å². The van der Waals surface area contributed by atoms with E-state index in [9.17, 15) is 21.6 Å². The van der Waals surface area contributed by atoms with Crippen molar-refractivity contribution >= 4 is 31.3 Å². The first kappa shape index (κ1) is 14.7. The zero-order valence-electron chi connectivity index (χ0n) is 9.87. The van der Waals surface area contributed by atoms with Crippen molar-refractivity contribution in [2.75, 3.05) is 23.0 Å². The molecule has 0 saturated carbocycles. The van der Waals surface area contributed by atoms with Crippen LogP contribution in [0.2, 0.25) is 0 Å². The highest BCUT2D eigenvalue weighted by Crippen LogP contribution is 2.11. The van der Waals surface area contributed by atoms with Crippen molar-refractivity contribution in [3.8, 4) is 0 Å². The van der Waals surface area contributed by atoms with E-state index < -0.39 is 31.4 Å². The van der Waals surface area contributed by atoms with Crippen LogP contribution in [-0.2, 0) is 19.9 Å². The van der Waals surface area contributed by atoms with Gasteiger partial charge in [-0.25, -0.2) is 16.8 Å². The van der Waals surface area contributed by atoms with Crippen molar-refractivity contribution in [3.63, 3.8) is 0 Å². The van der Waals surface area contributed by atoms with Gasteiger partial charge in [0.05, 0.1) is 6.26 Å². The van der Waals surface area contributed by atoms with Crippen molar-refractivity contribution < 1.29 is 21.6 Å². The second kappa shape index (κ2) is 5.07. The maximum Gasteiger partial charge on any atom is 0.229 e. The van der Waals surface area contributed by atoms with Gasteiger partial charge in [0.2, 0.25) is 10.0 Å². The van der Waals surface area contributed by atoms with Gasteiger partial charge in [-0.15, -0.1) is 0 Å². The fourth-order valence-corrected chi connectivity index (χ4v) is 2.47. The van der Waals surface area contributed by atoms with Crippen LogP contribution in [0.5, 0.6) is 0 Å². The van der Waals surface area contributed by atoms with Gasteiger partial charge in [-0.05, 0) is 24.3 Å². The van der Waals surface area contributed by atoms with Gasteiger partial charge in [0.1, 0.15) is 5.75 Å². The van der Waals surface area contributed by atoms with Crippen molar-refractivity contribution in [1.29, 1.82) is 0 Å². The molecule has 0 atom stereocenters. The SMILES string of the molecule is CS(=O)(=O)CC(=O)c1ccc(NS(C)(=O)=O)cc1. The van der Waals surface area contributed by atoms with Crippen LogP contribution in [-0.4, -0.2) is 40.9 Å². The van der Waals surface area contributed by atoms with Crippen molar-refractivity contribution in [3.05, 3.63) is 29.8 Å². The number of carbonyl (C=O) groups is 1. The van der Waals surface area contributed by atoms with Gasteiger partial charge in [0, 0.05) is 17.5 Å². The van der Waals surface area contributed by atoms with Gasteiger partial charge in [-0.1, -0.05) is 0 Å². The summed E-state index contributed by atoms with van der Waals surface area (Å²) in [6.07, 6.45) is 1.99. The maximum absolute atomic E-state index is 11.5. The maximum atomic E-state index is 11.5. The normalized spacial score (nSPS) is 12.1. The molecular weight excluding hydrogens is 278 g/mol. The minimum Gasteiger partial charge on any atom is -0.293 e. The summed E-state index contributed by atoms with van der Waals surface area (Å²) in [5.74, 6) is -1.09. The number of ketones is 1. The summed E-state index contributed by atoms with van der Waals surface area (Å²) in [4.78, 5) is 11.5. The zero-order valence-corrected chi connectivity index (χ0v) is 11.5. The fourth-order valence-electron chi connectivity index (χ4n) is 1.26. The van der Waals surface area contributed by atoms with E-state index in [2.05, 4.69) is 4.72 Å². The van der Waals surface area contributed by atoms with Crippen LogP contribution in [0.25, 0.3) is 0 Å². The number of anilines is 1. The van der Waals surface area contributed by atoms with Gasteiger partial charge >= 0.3 is 0 Å². The smallest absolute Gasteiger partial charge is 0.229 e. The molecular formula is C10H13NO5S2. The number of carbonyl (C=O) groups excluding carboxylic acids is 1. The lowest BCUT2D eigenvalue weighted by atomic mass is 10.1. The van der Waals surface area contributed by atoms with Crippen LogP contribution in [0.3, 0.4) is 0 Å². The first-order valence-corrected chi connectivity index (χ1v) is 8.81. The van der Waals surface area contributed by atoms with Gasteiger partial charge < -0.3 is 0 Å². The van der Waals surface area contributed by atoms with E-state index in [0.29, 0.717) is 5.69 Å². The number of nitrogens with one attached hydrogen (secondary N) is 1. The van der Waals surface area contributed by atoms with Crippen molar-refractivity contribution in [1.82, 2.24) is 0 Å². The highest BCUT2D eigenvalue weighted by molar-refractivity contribution is 7.92. The molecule has 0 aliphatic heterocycles. The fraction of sp³-hybridized carbons (Fsp3) is 0.300. The van der Waals surface area contributed by atoms with E-state index >= 15 is 0 Å². The predicted octanol–water partition coefficient (Wildman–Crippen LogP) is 0.285. The van der Waals surface area contributed by atoms with Crippen LogP contribution in [0.4, 0.5) is 5.69 Å². The summed E-state index contributed by atoms with van der Waals surface area (Å²) in [6, 6.07) is 5.55. The van der Waals surface area contributed by atoms with Gasteiger partial charge in [0.15, 0.2) is 15.6 Å². The molecule has 0 fully saturated rings. The third-order valence-electron chi connectivity index (χ3n) is 1.90. The summed E-state index contributed by atoms with van der Waals surface area (Å²) >= 11 is 0. The number of hydrogen-bond acceptors (Lipinski definition) is 5. The van der Waals surface area contributed by atoms with Crippen molar-refractivity contribution in [2.45, 2.75) is 0 Å². The van der Waals surface area contributed by atoms with Crippen LogP contribution < -0.4 is 4.72 Å². The molecule has 18 heavy (non-hydrogen) atoms. The Hall–Kier alpha value is -1.41. The first-order chi connectivity index (χ1) is 8.07. The third-order valence-corrected chi connectivity index (χ3v) is 3.30. The number of sulfonamides is 1. The Bertz CT molecular complexity index is 644. The van der Waals surface area contributed by atoms with E-state index in [1.54, 1.807) is 0 Å². The Labute approximate surface area is 106 Å². The lowest BCUT2D eigenvalue weighted by Gasteiger charge is -2.04. The quantitative estimate of drug-likeness (QED) is 0.786. The molecule has 0 saturated heterocycles. The van der Waals surface area contributed by atoms with Crippen LogP contribution in [0.15, 0.2) is 24.3 Å². The highest BCUT2D eigenvalue weighted by atomic mass is 32.2. The Kier molecular flexibility index (Phi) is 4.12. The number of benzene rings is 1. The second-order valence-corrected chi connectivity index (χ2v) is 7.83. The van der Waals surface area contributed by atoms with E-state index in [0.717, 1.165) is 12.5 Å². The minimum atomic E-state index is -3.37. The average molecular weight is 291 g/mol. The first-order valence-electron chi connectivity index (χ1n) is 4.86. The van der Waals surface area contributed by atoms with Crippen LogP contribution in [0, 0.1) is 0 Å². The molecule has 100 valence electrons. The predicted molar refractivity (Wildman–Crippen MR) is 68.9 cm³/mol. The molecule has 8 heteroatoms. The van der Waals surface area contributed by atoms with Gasteiger partial charge in [-0.3, -0.25) is 9.52 Å². The lowest BCUT2D eigenvalue weighted by Crippen LogP contribution is -2.14. The Morgan fingerprint density at radius 2 is 1.56 bits per heavy atom. The summed E-state index contributed by atoms with van der Waals surface area (Å²) in [6.45, 7) is 0. The Balaban J connectivity index is 2.87. The molecule has 1 aromatic rings. The molecule has 0 amide bonds. The second-order valence-electron chi connectivity index (χ2n) is 3.94. The number of rotatable bonds is 5. The van der Waals surface area contributed by atoms with E-state index in [-0.39, 0.29) is 5.56 Å². The van der Waals surface area contributed by atoms with Gasteiger partial charge in [0.25, 0.3) is 0 Å².